The Labute approximate surface area is 246 Å². The number of hydrogen-bond acceptors (Lipinski definition) is 6. The van der Waals surface area contributed by atoms with Gasteiger partial charge in [0.15, 0.2) is 11.5 Å². The SMILES string of the molecule is CCOc1cc(C=C2SC(=O)N(CC(=O)N3CCCCCC3)C2=O)c(Br)cc1OCc1cccc2ccccc12. The molecule has 0 bridgehead atoms. The summed E-state index contributed by atoms with van der Waals surface area (Å²) in [5.74, 6) is 0.458. The van der Waals surface area contributed by atoms with Gasteiger partial charge in [-0.25, -0.2) is 0 Å². The molecule has 0 unspecified atom stereocenters. The number of thioether (sulfide) groups is 1. The predicted molar refractivity (Wildman–Crippen MR) is 161 cm³/mol. The Kier molecular flexibility index (Phi) is 9.11. The first-order chi connectivity index (χ1) is 19.4. The van der Waals surface area contributed by atoms with Gasteiger partial charge in [0.2, 0.25) is 5.91 Å². The third-order valence-electron chi connectivity index (χ3n) is 7.04. The van der Waals surface area contributed by atoms with Crippen molar-refractivity contribution in [2.24, 2.45) is 0 Å². The zero-order valence-electron chi connectivity index (χ0n) is 22.4. The van der Waals surface area contributed by atoms with Gasteiger partial charge in [0.25, 0.3) is 11.1 Å². The molecular formula is C31H31BrN2O5S. The van der Waals surface area contributed by atoms with Crippen LogP contribution in [-0.4, -0.2) is 53.1 Å². The van der Waals surface area contributed by atoms with Crippen LogP contribution in [0.1, 0.15) is 43.7 Å². The number of carbonyl (C=O) groups is 3. The van der Waals surface area contributed by atoms with Crippen LogP contribution in [0.3, 0.4) is 0 Å². The Bertz CT molecular complexity index is 1460. The molecule has 0 radical (unpaired) electrons. The molecule has 0 atom stereocenters. The van der Waals surface area contributed by atoms with E-state index in [0.29, 0.717) is 47.8 Å². The fourth-order valence-electron chi connectivity index (χ4n) is 4.95. The highest BCUT2D eigenvalue weighted by atomic mass is 79.9. The van der Waals surface area contributed by atoms with E-state index in [1.165, 1.54) is 0 Å². The maximum absolute atomic E-state index is 13.1. The van der Waals surface area contributed by atoms with Gasteiger partial charge in [-0.15, -0.1) is 0 Å². The first-order valence-electron chi connectivity index (χ1n) is 13.5. The highest BCUT2D eigenvalue weighted by molar-refractivity contribution is 9.10. The molecule has 3 amide bonds. The summed E-state index contributed by atoms with van der Waals surface area (Å²) in [5.41, 5.74) is 1.73. The molecule has 2 saturated heterocycles. The fraction of sp³-hybridized carbons (Fsp3) is 0.323. The van der Waals surface area contributed by atoms with Gasteiger partial charge in [-0.2, -0.15) is 0 Å². The second-order valence-electron chi connectivity index (χ2n) is 9.74. The van der Waals surface area contributed by atoms with E-state index in [-0.39, 0.29) is 17.4 Å². The topological polar surface area (TPSA) is 76.2 Å². The van der Waals surface area contributed by atoms with Gasteiger partial charge in [0.05, 0.1) is 11.5 Å². The van der Waals surface area contributed by atoms with Crippen LogP contribution in [-0.2, 0) is 16.2 Å². The fourth-order valence-corrected chi connectivity index (χ4v) is 6.22. The van der Waals surface area contributed by atoms with Crippen molar-refractivity contribution in [2.45, 2.75) is 39.2 Å². The van der Waals surface area contributed by atoms with E-state index in [2.05, 4.69) is 34.1 Å². The molecule has 5 rings (SSSR count). The van der Waals surface area contributed by atoms with Crippen molar-refractivity contribution in [2.75, 3.05) is 26.2 Å². The van der Waals surface area contributed by atoms with Crippen LogP contribution in [0.25, 0.3) is 16.8 Å². The van der Waals surface area contributed by atoms with Crippen LogP contribution in [0.2, 0.25) is 0 Å². The van der Waals surface area contributed by atoms with E-state index in [1.807, 2.05) is 37.3 Å². The van der Waals surface area contributed by atoms with Crippen molar-refractivity contribution in [3.63, 3.8) is 0 Å². The largest absolute Gasteiger partial charge is 0.490 e. The lowest BCUT2D eigenvalue weighted by molar-refractivity contribution is -0.135. The maximum Gasteiger partial charge on any atom is 0.294 e. The summed E-state index contributed by atoms with van der Waals surface area (Å²) in [6, 6.07) is 17.9. The minimum Gasteiger partial charge on any atom is -0.490 e. The van der Waals surface area contributed by atoms with Crippen molar-refractivity contribution in [1.82, 2.24) is 9.80 Å². The van der Waals surface area contributed by atoms with Crippen LogP contribution >= 0.6 is 27.7 Å². The summed E-state index contributed by atoms with van der Waals surface area (Å²) in [4.78, 5) is 41.7. The quantitative estimate of drug-likeness (QED) is 0.251. The van der Waals surface area contributed by atoms with Crippen LogP contribution in [0.4, 0.5) is 4.79 Å². The van der Waals surface area contributed by atoms with Gasteiger partial charge < -0.3 is 14.4 Å². The van der Waals surface area contributed by atoms with Crippen molar-refractivity contribution in [1.29, 1.82) is 0 Å². The third-order valence-corrected chi connectivity index (χ3v) is 8.63. The highest BCUT2D eigenvalue weighted by Crippen LogP contribution is 2.38. The Morgan fingerprint density at radius 3 is 2.48 bits per heavy atom. The van der Waals surface area contributed by atoms with Crippen molar-refractivity contribution in [3.8, 4) is 11.5 Å². The minimum atomic E-state index is -0.459. The second-order valence-corrected chi connectivity index (χ2v) is 11.6. The van der Waals surface area contributed by atoms with Gasteiger partial charge in [-0.3, -0.25) is 19.3 Å². The first kappa shape index (κ1) is 28.2. The van der Waals surface area contributed by atoms with Crippen LogP contribution in [0.5, 0.6) is 11.5 Å². The van der Waals surface area contributed by atoms with E-state index in [0.717, 1.165) is 58.7 Å². The Morgan fingerprint density at radius 1 is 0.975 bits per heavy atom. The molecule has 40 heavy (non-hydrogen) atoms. The molecule has 2 aliphatic heterocycles. The van der Waals surface area contributed by atoms with E-state index in [1.54, 1.807) is 17.0 Å². The lowest BCUT2D eigenvalue weighted by Crippen LogP contribution is -2.42. The molecule has 3 aromatic carbocycles. The number of amides is 3. The predicted octanol–water partition coefficient (Wildman–Crippen LogP) is 7.02. The monoisotopic (exact) mass is 622 g/mol. The number of fused-ring (bicyclic) bond motifs is 1. The minimum absolute atomic E-state index is 0.182. The number of ether oxygens (including phenoxy) is 2. The number of benzene rings is 3. The number of imide groups is 1. The van der Waals surface area contributed by atoms with Crippen molar-refractivity contribution >= 4 is 61.6 Å². The van der Waals surface area contributed by atoms with Gasteiger partial charge in [0, 0.05) is 17.6 Å². The lowest BCUT2D eigenvalue weighted by Gasteiger charge is -2.22. The molecule has 0 saturated carbocycles. The smallest absolute Gasteiger partial charge is 0.294 e. The molecular weight excluding hydrogens is 592 g/mol. The molecule has 0 N–H and O–H groups in total. The summed E-state index contributed by atoms with van der Waals surface area (Å²) in [6.45, 7) is 3.80. The second kappa shape index (κ2) is 12.9. The molecule has 9 heteroatoms. The molecule has 3 aromatic rings. The lowest BCUT2D eigenvalue weighted by atomic mass is 10.1. The van der Waals surface area contributed by atoms with E-state index < -0.39 is 11.1 Å². The standard InChI is InChI=1S/C31H31BrN2O5S/c1-2-38-26-16-23(25(32)18-27(26)39-20-22-12-9-11-21-10-5-6-13-24(21)22)17-28-30(36)34(31(37)40-28)19-29(35)33-14-7-3-4-8-15-33/h5-6,9-13,16-18H,2-4,7-8,14-15,19-20H2,1H3. The Balaban J connectivity index is 1.33. The molecule has 7 nitrogen and oxygen atoms in total. The number of likely N-dealkylation sites (tertiary alicyclic amines) is 1. The molecule has 2 heterocycles. The molecule has 0 aliphatic carbocycles. The number of halogens is 1. The normalized spacial score (nSPS) is 17.0. The molecule has 2 aliphatic rings. The number of hydrogen-bond donors (Lipinski definition) is 0. The number of nitrogens with zero attached hydrogens (tertiary/aromatic N) is 2. The molecule has 208 valence electrons. The van der Waals surface area contributed by atoms with Gasteiger partial charge >= 0.3 is 0 Å². The Hall–Kier alpha value is -3.30. The zero-order chi connectivity index (χ0) is 28.1. The van der Waals surface area contributed by atoms with E-state index in [4.69, 9.17) is 9.47 Å². The summed E-state index contributed by atoms with van der Waals surface area (Å²) in [7, 11) is 0. The number of carbonyl (C=O) groups excluding carboxylic acids is 3. The first-order valence-corrected chi connectivity index (χ1v) is 15.1. The average Bonchev–Trinajstić information content (AvgIpc) is 3.13. The van der Waals surface area contributed by atoms with Crippen LogP contribution in [0, 0.1) is 0 Å². The Morgan fingerprint density at radius 2 is 1.70 bits per heavy atom. The van der Waals surface area contributed by atoms with Gasteiger partial charge in [0.1, 0.15) is 13.2 Å². The number of rotatable bonds is 8. The molecule has 0 spiro atoms. The van der Waals surface area contributed by atoms with Crippen LogP contribution < -0.4 is 9.47 Å². The zero-order valence-corrected chi connectivity index (χ0v) is 24.8. The summed E-state index contributed by atoms with van der Waals surface area (Å²) < 4.78 is 12.8. The summed E-state index contributed by atoms with van der Waals surface area (Å²) in [6.07, 6.45) is 5.75. The summed E-state index contributed by atoms with van der Waals surface area (Å²) in [5, 5.41) is 1.84. The van der Waals surface area contributed by atoms with Gasteiger partial charge in [-0.1, -0.05) is 71.2 Å². The van der Waals surface area contributed by atoms with Crippen LogP contribution in [0.15, 0.2) is 64.0 Å². The average molecular weight is 624 g/mol. The highest BCUT2D eigenvalue weighted by Gasteiger charge is 2.37. The molecule has 2 fully saturated rings. The summed E-state index contributed by atoms with van der Waals surface area (Å²) >= 11 is 4.44. The maximum atomic E-state index is 13.1. The van der Waals surface area contributed by atoms with Crippen molar-refractivity contribution < 1.29 is 23.9 Å². The third kappa shape index (κ3) is 6.36. The van der Waals surface area contributed by atoms with Crippen molar-refractivity contribution in [3.05, 3.63) is 75.1 Å². The molecule has 0 aromatic heterocycles. The van der Waals surface area contributed by atoms with Gasteiger partial charge in [-0.05, 0) is 71.6 Å². The van der Waals surface area contributed by atoms with E-state index >= 15 is 0 Å². The van der Waals surface area contributed by atoms with E-state index in [9.17, 15) is 14.4 Å².